The third-order valence-corrected chi connectivity index (χ3v) is 5.42. The van der Waals surface area contributed by atoms with Crippen LogP contribution in [0.15, 0.2) is 17.5 Å². The lowest BCUT2D eigenvalue weighted by atomic mass is 10.1. The molecule has 0 spiro atoms. The van der Waals surface area contributed by atoms with Crippen LogP contribution < -0.4 is 0 Å². The molecule has 0 saturated carbocycles. The second-order valence-electron chi connectivity index (χ2n) is 6.27. The summed E-state index contributed by atoms with van der Waals surface area (Å²) in [6.07, 6.45) is 0.533. The van der Waals surface area contributed by atoms with Crippen molar-refractivity contribution in [1.82, 2.24) is 9.80 Å². The quantitative estimate of drug-likeness (QED) is 0.831. The van der Waals surface area contributed by atoms with Gasteiger partial charge in [0.15, 0.2) is 0 Å². The summed E-state index contributed by atoms with van der Waals surface area (Å²) in [5.41, 5.74) is 0. The van der Waals surface area contributed by atoms with Crippen molar-refractivity contribution in [3.8, 4) is 0 Å². The van der Waals surface area contributed by atoms with E-state index in [4.69, 9.17) is 4.74 Å². The van der Waals surface area contributed by atoms with Crippen LogP contribution in [0.1, 0.15) is 17.7 Å². The average Bonchev–Trinajstić information content (AvgIpc) is 3.22. The van der Waals surface area contributed by atoms with Gasteiger partial charge < -0.3 is 9.64 Å². The van der Waals surface area contributed by atoms with Crippen LogP contribution in [0.25, 0.3) is 0 Å². The van der Waals surface area contributed by atoms with Gasteiger partial charge in [-0.1, -0.05) is 6.07 Å². The van der Waals surface area contributed by atoms with E-state index in [1.807, 2.05) is 18.5 Å². The molecule has 3 atom stereocenters. The molecule has 122 valence electrons. The molecule has 0 radical (unpaired) electrons. The van der Waals surface area contributed by atoms with Crippen LogP contribution in [-0.4, -0.2) is 61.3 Å². The van der Waals surface area contributed by atoms with Gasteiger partial charge in [-0.05, 0) is 24.3 Å². The molecule has 0 aromatic carbocycles. The molecule has 3 heterocycles. The van der Waals surface area contributed by atoms with E-state index in [-0.39, 0.29) is 17.9 Å². The van der Waals surface area contributed by atoms with Crippen LogP contribution in [0.3, 0.4) is 0 Å². The molecule has 3 rings (SSSR count). The number of rotatable bonds is 5. The molecule has 0 bridgehead atoms. The van der Waals surface area contributed by atoms with Gasteiger partial charge >= 0.3 is 0 Å². The highest BCUT2D eigenvalue weighted by molar-refractivity contribution is 7.09. The number of ether oxygens (including phenoxy) is 1. The number of halogens is 1. The highest BCUT2D eigenvalue weighted by Gasteiger charge is 2.35. The summed E-state index contributed by atoms with van der Waals surface area (Å²) in [4.78, 5) is 17.6. The maximum absolute atomic E-state index is 13.8. The Morgan fingerprint density at radius 2 is 2.45 bits per heavy atom. The Morgan fingerprint density at radius 3 is 3.14 bits per heavy atom. The summed E-state index contributed by atoms with van der Waals surface area (Å²) >= 11 is 1.70. The number of likely N-dealkylation sites (N-methyl/N-ethyl adjacent to an activating group) is 1. The number of likely N-dealkylation sites (tertiary alicyclic amines) is 1. The molecule has 2 aliphatic heterocycles. The number of thiophene rings is 1. The normalized spacial score (nSPS) is 29.1. The SMILES string of the molecule is CN(C[C@@H]1C[C@H](F)CN1Cc1cccs1)C(=O)[C@H]1CCOC1. The zero-order valence-electron chi connectivity index (χ0n) is 12.9. The van der Waals surface area contributed by atoms with Gasteiger partial charge in [0.25, 0.3) is 0 Å². The van der Waals surface area contributed by atoms with E-state index in [1.54, 1.807) is 16.2 Å². The van der Waals surface area contributed by atoms with E-state index in [0.717, 1.165) is 13.0 Å². The molecule has 2 aliphatic rings. The van der Waals surface area contributed by atoms with Gasteiger partial charge in [0.2, 0.25) is 5.91 Å². The third-order valence-electron chi connectivity index (χ3n) is 4.56. The molecule has 0 unspecified atom stereocenters. The van der Waals surface area contributed by atoms with Crippen LogP contribution in [0.2, 0.25) is 0 Å². The van der Waals surface area contributed by atoms with Crippen molar-refractivity contribution in [3.05, 3.63) is 22.4 Å². The lowest BCUT2D eigenvalue weighted by Gasteiger charge is -2.29. The summed E-state index contributed by atoms with van der Waals surface area (Å²) in [5.74, 6) is 0.120. The van der Waals surface area contributed by atoms with E-state index in [0.29, 0.717) is 32.7 Å². The Balaban J connectivity index is 1.58. The first kappa shape index (κ1) is 15.9. The number of hydrogen-bond donors (Lipinski definition) is 0. The largest absolute Gasteiger partial charge is 0.381 e. The molecule has 6 heteroatoms. The van der Waals surface area contributed by atoms with Gasteiger partial charge in [0.1, 0.15) is 6.17 Å². The molecule has 22 heavy (non-hydrogen) atoms. The van der Waals surface area contributed by atoms with Gasteiger partial charge in [-0.15, -0.1) is 11.3 Å². The minimum Gasteiger partial charge on any atom is -0.381 e. The molecular weight excluding hydrogens is 303 g/mol. The topological polar surface area (TPSA) is 32.8 Å². The lowest BCUT2D eigenvalue weighted by Crippen LogP contribution is -2.43. The number of hydrogen-bond acceptors (Lipinski definition) is 4. The summed E-state index contributed by atoms with van der Waals surface area (Å²) in [6.45, 7) is 3.04. The standard InChI is InChI=1S/C16H23FN2O2S/c1-18(16(20)12-4-5-21-11-12)9-14-7-13(17)8-19(14)10-15-3-2-6-22-15/h2-3,6,12-14H,4-5,7-11H2,1H3/t12-,13-,14-/m0/s1. The van der Waals surface area contributed by atoms with Crippen LogP contribution in [0, 0.1) is 5.92 Å². The summed E-state index contributed by atoms with van der Waals surface area (Å²) in [6, 6.07) is 4.21. The van der Waals surface area contributed by atoms with Gasteiger partial charge in [0.05, 0.1) is 12.5 Å². The first-order valence-corrected chi connectivity index (χ1v) is 8.74. The lowest BCUT2D eigenvalue weighted by molar-refractivity contribution is -0.134. The van der Waals surface area contributed by atoms with E-state index in [2.05, 4.69) is 11.0 Å². The smallest absolute Gasteiger partial charge is 0.227 e. The van der Waals surface area contributed by atoms with Crippen molar-refractivity contribution in [2.24, 2.45) is 5.92 Å². The second kappa shape index (κ2) is 7.06. The first-order chi connectivity index (χ1) is 10.6. The van der Waals surface area contributed by atoms with Gasteiger partial charge in [-0.2, -0.15) is 0 Å². The maximum Gasteiger partial charge on any atom is 0.227 e. The molecule has 1 aromatic heterocycles. The van der Waals surface area contributed by atoms with Crippen molar-refractivity contribution in [2.45, 2.75) is 31.6 Å². The first-order valence-electron chi connectivity index (χ1n) is 7.86. The molecule has 0 aliphatic carbocycles. The second-order valence-corrected chi connectivity index (χ2v) is 7.31. The van der Waals surface area contributed by atoms with Crippen LogP contribution >= 0.6 is 11.3 Å². The Morgan fingerprint density at radius 1 is 1.59 bits per heavy atom. The molecule has 4 nitrogen and oxygen atoms in total. The Bertz CT molecular complexity index is 490. The van der Waals surface area contributed by atoms with Crippen LogP contribution in [0.5, 0.6) is 0 Å². The highest BCUT2D eigenvalue weighted by atomic mass is 32.1. The Hall–Kier alpha value is -0.980. The number of alkyl halides is 1. The molecular formula is C16H23FN2O2S. The van der Waals surface area contributed by atoms with Crippen molar-refractivity contribution in [2.75, 3.05) is 33.4 Å². The zero-order valence-corrected chi connectivity index (χ0v) is 13.7. The molecule has 1 amide bonds. The Kier molecular flexibility index (Phi) is 5.10. The Labute approximate surface area is 134 Å². The monoisotopic (exact) mass is 326 g/mol. The minimum atomic E-state index is -0.789. The van der Waals surface area contributed by atoms with Gasteiger partial charge in [-0.25, -0.2) is 4.39 Å². The van der Waals surface area contributed by atoms with Crippen molar-refractivity contribution >= 4 is 17.2 Å². The molecule has 1 aromatic rings. The maximum atomic E-state index is 13.8. The van der Waals surface area contributed by atoms with E-state index < -0.39 is 6.17 Å². The molecule has 2 fully saturated rings. The van der Waals surface area contributed by atoms with Crippen molar-refractivity contribution in [3.63, 3.8) is 0 Å². The van der Waals surface area contributed by atoms with Gasteiger partial charge in [0, 0.05) is 44.2 Å². The number of nitrogens with zero attached hydrogens (tertiary/aromatic N) is 2. The zero-order chi connectivity index (χ0) is 15.5. The predicted molar refractivity (Wildman–Crippen MR) is 84.6 cm³/mol. The van der Waals surface area contributed by atoms with E-state index in [9.17, 15) is 9.18 Å². The van der Waals surface area contributed by atoms with Gasteiger partial charge in [-0.3, -0.25) is 9.69 Å². The van der Waals surface area contributed by atoms with Crippen LogP contribution in [-0.2, 0) is 16.1 Å². The van der Waals surface area contributed by atoms with Crippen molar-refractivity contribution in [1.29, 1.82) is 0 Å². The number of carbonyl (C=O) groups is 1. The predicted octanol–water partition coefficient (Wildman–Crippen LogP) is 2.16. The highest BCUT2D eigenvalue weighted by Crippen LogP contribution is 2.25. The molecule has 2 saturated heterocycles. The fourth-order valence-electron chi connectivity index (χ4n) is 3.36. The number of amides is 1. The molecule has 0 N–H and O–H groups in total. The summed E-state index contributed by atoms with van der Waals surface area (Å²) in [5, 5.41) is 2.04. The fraction of sp³-hybridized carbons (Fsp3) is 0.688. The van der Waals surface area contributed by atoms with E-state index >= 15 is 0 Å². The third kappa shape index (κ3) is 3.67. The summed E-state index contributed by atoms with van der Waals surface area (Å²) in [7, 11) is 1.83. The van der Waals surface area contributed by atoms with Crippen LogP contribution in [0.4, 0.5) is 4.39 Å². The van der Waals surface area contributed by atoms with E-state index in [1.165, 1.54) is 4.88 Å². The van der Waals surface area contributed by atoms with Crippen molar-refractivity contribution < 1.29 is 13.9 Å². The summed E-state index contributed by atoms with van der Waals surface area (Å²) < 4.78 is 19.1. The average molecular weight is 326 g/mol. The fourth-order valence-corrected chi connectivity index (χ4v) is 4.09. The minimum absolute atomic E-state index is 0.0154. The number of carbonyl (C=O) groups excluding carboxylic acids is 1.